The molecule has 0 heterocycles. The second-order valence-corrected chi connectivity index (χ2v) is 17.7. The van der Waals surface area contributed by atoms with Crippen molar-refractivity contribution in [3.8, 4) is 23.5 Å². The normalized spacial score (nSPS) is 14.3. The van der Waals surface area contributed by atoms with E-state index < -0.39 is 12.9 Å². The van der Waals surface area contributed by atoms with Crippen molar-refractivity contribution in [3.05, 3.63) is 233 Å². The fraction of sp³-hybridized carbons (Fsp3) is 0.0566. The summed E-state index contributed by atoms with van der Waals surface area (Å²) >= 11 is 0. The Kier molecular flexibility index (Phi) is 9.26. The Balaban J connectivity index is 1.26. The molecule has 1 atom stereocenters. The van der Waals surface area contributed by atoms with Gasteiger partial charge < -0.3 is 0 Å². The summed E-state index contributed by atoms with van der Waals surface area (Å²) in [5.74, 6) is 2.09. The molecule has 0 spiro atoms. The monoisotopic (exact) mass is 759 g/mol. The van der Waals surface area contributed by atoms with Gasteiger partial charge in [0.2, 0.25) is 7.49 Å². The largest absolute Gasteiger partial charge is 0.240 e. The Hall–Kier alpha value is -6.43. The molecule has 9 rings (SSSR count). The van der Waals surface area contributed by atoms with Crippen LogP contribution in [0.25, 0.3) is 38.7 Å². The molecule has 0 radical (unpaired) electrons. The lowest BCUT2D eigenvalue weighted by molar-refractivity contribution is 0.619. The van der Waals surface area contributed by atoms with Gasteiger partial charge in [-0.25, -0.2) is 13.7 Å². The third-order valence-corrected chi connectivity index (χ3v) is 14.9. The van der Waals surface area contributed by atoms with E-state index in [1.807, 2.05) is 72.8 Å². The molecule has 0 amide bonds. The standard InChI is InChI=1S/C53H38F2OP/c1-3-10-40-35-50(49-16-9-11-39-18-17-36(2)51(40)52(39)49)53(42-25-29-44(54)30-26-42,43-27-31-45(55)32-28-43)41-23-19-37(20-24-41)38-21-33-48(34-22-38)57(56,47-14-7-8-15-47)46-12-5-4-6-13-46/h1,4-35,47,56H,2H3/q+1/b40-10-. The van der Waals surface area contributed by atoms with Crippen molar-refractivity contribution in [3.63, 3.8) is 0 Å². The molecule has 1 aliphatic rings. The van der Waals surface area contributed by atoms with Gasteiger partial charge in [0.15, 0.2) is 0 Å². The molecule has 0 aromatic heterocycles. The van der Waals surface area contributed by atoms with Crippen LogP contribution in [0.3, 0.4) is 0 Å². The van der Waals surface area contributed by atoms with E-state index in [2.05, 4.69) is 110 Å². The van der Waals surface area contributed by atoms with Crippen LogP contribution in [0.4, 0.5) is 8.78 Å². The van der Waals surface area contributed by atoms with Crippen molar-refractivity contribution in [2.24, 2.45) is 0 Å². The first kappa shape index (κ1) is 36.2. The summed E-state index contributed by atoms with van der Waals surface area (Å²) in [5.41, 5.74) is 5.51. The lowest BCUT2D eigenvalue weighted by atomic mass is 9.63. The SMILES string of the molecule is C#C/C=c1/cc(C(c2ccc(F)cc2)(c2ccc(F)cc2)c2ccc(-c3ccc([P+](O)(c4ccccc4)C4C=CC=C4)cc3)cc2)c2cccc3ccc(C)c1c32. The first-order chi connectivity index (χ1) is 27.8. The Morgan fingerprint density at radius 3 is 1.74 bits per heavy atom. The Morgan fingerprint density at radius 2 is 1.16 bits per heavy atom. The molecule has 1 N–H and O–H groups in total. The topological polar surface area (TPSA) is 20.2 Å². The molecule has 8 aromatic carbocycles. The van der Waals surface area contributed by atoms with Crippen LogP contribution in [0.1, 0.15) is 27.8 Å². The van der Waals surface area contributed by atoms with Gasteiger partial charge in [0.25, 0.3) is 0 Å². The maximum absolute atomic E-state index is 14.8. The Bertz CT molecular complexity index is 2870. The summed E-state index contributed by atoms with van der Waals surface area (Å²) in [5, 5.41) is 7.02. The molecule has 274 valence electrons. The van der Waals surface area contributed by atoms with Crippen LogP contribution in [-0.2, 0) is 5.41 Å². The second kappa shape index (κ2) is 14.6. The number of benzene rings is 8. The molecule has 57 heavy (non-hydrogen) atoms. The highest BCUT2D eigenvalue weighted by molar-refractivity contribution is 7.85. The van der Waals surface area contributed by atoms with Crippen molar-refractivity contribution in [2.75, 3.05) is 0 Å². The predicted molar refractivity (Wildman–Crippen MR) is 235 cm³/mol. The van der Waals surface area contributed by atoms with Gasteiger partial charge in [-0.15, -0.1) is 6.42 Å². The second-order valence-electron chi connectivity index (χ2n) is 14.7. The quantitative estimate of drug-likeness (QED) is 0.0929. The highest BCUT2D eigenvalue weighted by Crippen LogP contribution is 2.59. The van der Waals surface area contributed by atoms with E-state index in [-0.39, 0.29) is 17.3 Å². The first-order valence-corrected chi connectivity index (χ1v) is 20.8. The summed E-state index contributed by atoms with van der Waals surface area (Å²) in [4.78, 5) is 12.4. The van der Waals surface area contributed by atoms with Gasteiger partial charge in [-0.3, -0.25) is 0 Å². The van der Waals surface area contributed by atoms with E-state index in [1.165, 1.54) is 24.3 Å². The minimum absolute atomic E-state index is 0.0945. The van der Waals surface area contributed by atoms with E-state index in [1.54, 1.807) is 0 Å². The summed E-state index contributed by atoms with van der Waals surface area (Å²) < 4.78 is 29.5. The molecular weight excluding hydrogens is 722 g/mol. The molecule has 0 aliphatic heterocycles. The van der Waals surface area contributed by atoms with E-state index in [4.69, 9.17) is 6.42 Å². The van der Waals surface area contributed by atoms with Gasteiger partial charge in [0.05, 0.1) is 5.41 Å². The van der Waals surface area contributed by atoms with Crippen LogP contribution in [0.15, 0.2) is 188 Å². The number of aryl methyl sites for hydroxylation is 1. The molecule has 1 nitrogen and oxygen atoms in total. The fourth-order valence-corrected chi connectivity index (χ4v) is 11.8. The zero-order chi connectivity index (χ0) is 39.1. The van der Waals surface area contributed by atoms with Gasteiger partial charge in [0.1, 0.15) is 27.9 Å². The van der Waals surface area contributed by atoms with Crippen molar-refractivity contribution < 1.29 is 13.7 Å². The van der Waals surface area contributed by atoms with Crippen LogP contribution in [-0.4, -0.2) is 10.6 Å². The van der Waals surface area contributed by atoms with Gasteiger partial charge in [-0.05, 0) is 145 Å². The predicted octanol–water partition coefficient (Wildman–Crippen LogP) is 11.1. The molecule has 1 unspecified atom stereocenters. The highest BCUT2D eigenvalue weighted by Gasteiger charge is 2.48. The summed E-state index contributed by atoms with van der Waals surface area (Å²) in [6, 6.07) is 52.7. The smallest absolute Gasteiger partial charge is 0.217 e. The van der Waals surface area contributed by atoms with Gasteiger partial charge in [0, 0.05) is 0 Å². The number of terminal acetylenes is 1. The first-order valence-electron chi connectivity index (χ1n) is 19.0. The highest BCUT2D eigenvalue weighted by atomic mass is 31.2. The van der Waals surface area contributed by atoms with E-state index >= 15 is 0 Å². The van der Waals surface area contributed by atoms with Gasteiger partial charge in [-0.2, -0.15) is 0 Å². The minimum Gasteiger partial charge on any atom is -0.240 e. The molecule has 4 heteroatoms. The van der Waals surface area contributed by atoms with Crippen LogP contribution in [0, 0.1) is 30.9 Å². The van der Waals surface area contributed by atoms with E-state index in [9.17, 15) is 13.7 Å². The Labute approximate surface area is 332 Å². The van der Waals surface area contributed by atoms with E-state index in [0.29, 0.717) is 0 Å². The lowest BCUT2D eigenvalue weighted by Gasteiger charge is -2.38. The van der Waals surface area contributed by atoms with E-state index in [0.717, 1.165) is 76.3 Å². The maximum atomic E-state index is 14.8. The third-order valence-electron chi connectivity index (χ3n) is 11.6. The average molecular weight is 760 g/mol. The lowest BCUT2D eigenvalue weighted by Crippen LogP contribution is -2.32. The number of rotatable bonds is 8. The van der Waals surface area contributed by atoms with Crippen molar-refractivity contribution >= 4 is 45.7 Å². The van der Waals surface area contributed by atoms with Crippen LogP contribution < -0.4 is 15.8 Å². The van der Waals surface area contributed by atoms with Crippen molar-refractivity contribution in [1.29, 1.82) is 0 Å². The fourth-order valence-electron chi connectivity index (χ4n) is 8.88. The molecule has 0 bridgehead atoms. The summed E-state index contributed by atoms with van der Waals surface area (Å²) in [6.07, 6.45) is 16.0. The molecule has 0 saturated heterocycles. The third kappa shape index (κ3) is 6.01. The minimum atomic E-state index is -2.76. The number of halogens is 2. The zero-order valence-corrected chi connectivity index (χ0v) is 32.2. The van der Waals surface area contributed by atoms with Crippen molar-refractivity contribution in [2.45, 2.75) is 18.0 Å². The summed E-state index contributed by atoms with van der Waals surface area (Å²) in [7, 11) is -2.76. The van der Waals surface area contributed by atoms with Crippen LogP contribution in [0.5, 0.6) is 0 Å². The van der Waals surface area contributed by atoms with Gasteiger partial charge >= 0.3 is 0 Å². The molecule has 0 saturated carbocycles. The van der Waals surface area contributed by atoms with Crippen molar-refractivity contribution in [1.82, 2.24) is 0 Å². The molecule has 0 fully saturated rings. The number of hydrogen-bond acceptors (Lipinski definition) is 1. The molecular formula is C53H38F2OP+. The average Bonchev–Trinajstić information content (AvgIpc) is 3.81. The van der Waals surface area contributed by atoms with Crippen LogP contribution in [0.2, 0.25) is 0 Å². The van der Waals surface area contributed by atoms with Crippen LogP contribution >= 0.6 is 7.49 Å². The molecule has 8 aromatic rings. The number of allylic oxidation sites excluding steroid dienone is 4. The molecule has 1 aliphatic carbocycles. The Morgan fingerprint density at radius 1 is 0.614 bits per heavy atom. The zero-order valence-electron chi connectivity index (χ0n) is 31.3. The summed E-state index contributed by atoms with van der Waals surface area (Å²) in [6.45, 7) is 2.10. The maximum Gasteiger partial charge on any atom is 0.217 e. The number of hydrogen-bond donors (Lipinski definition) is 1. The van der Waals surface area contributed by atoms with Gasteiger partial charge in [-0.1, -0.05) is 127 Å².